The van der Waals surface area contributed by atoms with Gasteiger partial charge in [0.2, 0.25) is 0 Å². The van der Waals surface area contributed by atoms with E-state index in [4.69, 9.17) is 10.5 Å². The topological polar surface area (TPSA) is 64.3 Å². The second-order valence-electron chi connectivity index (χ2n) is 4.94. The molecular formula is C15H18N4O. The van der Waals surface area contributed by atoms with Crippen molar-refractivity contribution in [2.75, 3.05) is 25.4 Å². The highest BCUT2D eigenvalue weighted by Gasteiger charge is 2.24. The molecule has 0 aliphatic carbocycles. The Morgan fingerprint density at radius 1 is 1.30 bits per heavy atom. The number of anilines is 1. The Labute approximate surface area is 118 Å². The Hall–Kier alpha value is -1.98. The van der Waals surface area contributed by atoms with Crippen LogP contribution in [0.25, 0.3) is 0 Å². The fourth-order valence-electron chi connectivity index (χ4n) is 2.47. The second-order valence-corrected chi connectivity index (χ2v) is 4.94. The average molecular weight is 270 g/mol. The van der Waals surface area contributed by atoms with E-state index < -0.39 is 0 Å². The van der Waals surface area contributed by atoms with Crippen molar-refractivity contribution < 1.29 is 4.74 Å². The van der Waals surface area contributed by atoms with Crippen LogP contribution < -0.4 is 5.73 Å². The SMILES string of the molecule is Nc1cncnc1[C@H]1CN(Cc2ccccc2)CCO1. The maximum atomic E-state index is 5.93. The molecule has 2 heterocycles. The second kappa shape index (κ2) is 5.98. The largest absolute Gasteiger partial charge is 0.396 e. The molecule has 0 bridgehead atoms. The van der Waals surface area contributed by atoms with Crippen LogP contribution in [0, 0.1) is 0 Å². The molecule has 2 aromatic rings. The fourth-order valence-corrected chi connectivity index (χ4v) is 2.47. The quantitative estimate of drug-likeness (QED) is 0.918. The van der Waals surface area contributed by atoms with E-state index in [9.17, 15) is 0 Å². The molecule has 0 spiro atoms. The van der Waals surface area contributed by atoms with E-state index in [1.54, 1.807) is 6.20 Å². The van der Waals surface area contributed by atoms with Crippen molar-refractivity contribution in [1.82, 2.24) is 14.9 Å². The van der Waals surface area contributed by atoms with E-state index in [1.165, 1.54) is 11.9 Å². The average Bonchev–Trinajstić information content (AvgIpc) is 2.49. The lowest BCUT2D eigenvalue weighted by Crippen LogP contribution is -2.38. The Morgan fingerprint density at radius 2 is 2.15 bits per heavy atom. The number of nitrogens with two attached hydrogens (primary N) is 1. The zero-order valence-electron chi connectivity index (χ0n) is 11.3. The minimum atomic E-state index is -0.0736. The molecule has 1 fully saturated rings. The molecule has 1 aromatic heterocycles. The number of hydrogen-bond acceptors (Lipinski definition) is 5. The first kappa shape index (κ1) is 13.0. The molecule has 20 heavy (non-hydrogen) atoms. The molecule has 104 valence electrons. The summed E-state index contributed by atoms with van der Waals surface area (Å²) in [6, 6.07) is 10.4. The Morgan fingerprint density at radius 3 is 2.95 bits per heavy atom. The van der Waals surface area contributed by atoms with Crippen molar-refractivity contribution in [3.05, 3.63) is 54.1 Å². The zero-order chi connectivity index (χ0) is 13.8. The number of aromatic nitrogens is 2. The smallest absolute Gasteiger partial charge is 0.115 e. The van der Waals surface area contributed by atoms with E-state index in [-0.39, 0.29) is 6.10 Å². The maximum Gasteiger partial charge on any atom is 0.115 e. The first-order valence-electron chi connectivity index (χ1n) is 6.76. The summed E-state index contributed by atoms with van der Waals surface area (Å²) in [5.74, 6) is 0. The number of benzene rings is 1. The van der Waals surface area contributed by atoms with Crippen molar-refractivity contribution in [2.45, 2.75) is 12.6 Å². The molecule has 5 heteroatoms. The highest BCUT2D eigenvalue weighted by molar-refractivity contribution is 5.41. The predicted molar refractivity (Wildman–Crippen MR) is 76.9 cm³/mol. The molecule has 2 N–H and O–H groups in total. The van der Waals surface area contributed by atoms with Crippen LogP contribution in [0.4, 0.5) is 5.69 Å². The summed E-state index contributed by atoms with van der Waals surface area (Å²) in [5, 5.41) is 0. The van der Waals surface area contributed by atoms with Gasteiger partial charge in [-0.1, -0.05) is 30.3 Å². The molecule has 1 aliphatic rings. The lowest BCUT2D eigenvalue weighted by Gasteiger charge is -2.32. The van der Waals surface area contributed by atoms with E-state index in [0.717, 1.165) is 25.3 Å². The highest BCUT2D eigenvalue weighted by atomic mass is 16.5. The van der Waals surface area contributed by atoms with Crippen LogP contribution in [0.15, 0.2) is 42.9 Å². The van der Waals surface area contributed by atoms with Gasteiger partial charge in [0.1, 0.15) is 12.4 Å². The molecular weight excluding hydrogens is 252 g/mol. The summed E-state index contributed by atoms with van der Waals surface area (Å²) in [6.45, 7) is 3.35. The first-order chi connectivity index (χ1) is 9.83. The third-order valence-electron chi connectivity index (χ3n) is 3.48. The van der Waals surface area contributed by atoms with Gasteiger partial charge in [-0.05, 0) is 5.56 Å². The summed E-state index contributed by atoms with van der Waals surface area (Å²) in [7, 11) is 0. The number of ether oxygens (including phenoxy) is 1. The van der Waals surface area contributed by atoms with Crippen LogP contribution in [0.1, 0.15) is 17.4 Å². The van der Waals surface area contributed by atoms with Crippen molar-refractivity contribution in [3.63, 3.8) is 0 Å². The standard InChI is InChI=1S/C15H18N4O/c16-13-8-17-11-18-15(13)14-10-19(6-7-20-14)9-12-4-2-1-3-5-12/h1-5,8,11,14H,6-7,9-10,16H2/t14-/m1/s1. The van der Waals surface area contributed by atoms with Crippen LogP contribution in [0.2, 0.25) is 0 Å². The molecule has 0 unspecified atom stereocenters. The third-order valence-corrected chi connectivity index (χ3v) is 3.48. The Bertz CT molecular complexity index is 561. The summed E-state index contributed by atoms with van der Waals surface area (Å²) in [5.41, 5.74) is 8.62. The number of morpholine rings is 1. The van der Waals surface area contributed by atoms with Crippen LogP contribution >= 0.6 is 0 Å². The van der Waals surface area contributed by atoms with Crippen LogP contribution in [-0.4, -0.2) is 34.6 Å². The zero-order valence-corrected chi connectivity index (χ0v) is 11.3. The van der Waals surface area contributed by atoms with Gasteiger partial charge in [-0.3, -0.25) is 4.90 Å². The summed E-state index contributed by atoms with van der Waals surface area (Å²) >= 11 is 0. The number of rotatable bonds is 3. The normalized spacial score (nSPS) is 19.9. The van der Waals surface area contributed by atoms with Gasteiger partial charge in [0.15, 0.2) is 0 Å². The van der Waals surface area contributed by atoms with Gasteiger partial charge in [-0.2, -0.15) is 0 Å². The first-order valence-corrected chi connectivity index (χ1v) is 6.76. The van der Waals surface area contributed by atoms with Crippen molar-refractivity contribution >= 4 is 5.69 Å². The highest BCUT2D eigenvalue weighted by Crippen LogP contribution is 2.24. The van der Waals surface area contributed by atoms with Gasteiger partial charge in [0.05, 0.1) is 24.2 Å². The lowest BCUT2D eigenvalue weighted by molar-refractivity contribution is -0.0346. The molecule has 1 saturated heterocycles. The van der Waals surface area contributed by atoms with Crippen LogP contribution in [-0.2, 0) is 11.3 Å². The summed E-state index contributed by atoms with van der Waals surface area (Å²) in [4.78, 5) is 10.5. The molecule has 0 saturated carbocycles. The Balaban J connectivity index is 1.69. The van der Waals surface area contributed by atoms with Gasteiger partial charge in [-0.25, -0.2) is 9.97 Å². The molecule has 1 aromatic carbocycles. The minimum Gasteiger partial charge on any atom is -0.396 e. The fraction of sp³-hybridized carbons (Fsp3) is 0.333. The van der Waals surface area contributed by atoms with E-state index in [0.29, 0.717) is 12.3 Å². The van der Waals surface area contributed by atoms with Gasteiger partial charge in [-0.15, -0.1) is 0 Å². The summed E-state index contributed by atoms with van der Waals surface area (Å²) in [6.07, 6.45) is 3.07. The number of nitrogen functional groups attached to an aromatic ring is 1. The van der Waals surface area contributed by atoms with Gasteiger partial charge in [0.25, 0.3) is 0 Å². The maximum absolute atomic E-state index is 5.93. The number of nitrogens with zero attached hydrogens (tertiary/aromatic N) is 3. The Kier molecular flexibility index (Phi) is 3.90. The predicted octanol–water partition coefficient (Wildman–Crippen LogP) is 1.63. The molecule has 0 radical (unpaired) electrons. The van der Waals surface area contributed by atoms with E-state index in [2.05, 4.69) is 39.1 Å². The monoisotopic (exact) mass is 270 g/mol. The van der Waals surface area contributed by atoms with Crippen molar-refractivity contribution in [3.8, 4) is 0 Å². The molecule has 1 aliphatic heterocycles. The van der Waals surface area contributed by atoms with Crippen molar-refractivity contribution in [2.24, 2.45) is 0 Å². The molecule has 1 atom stereocenters. The van der Waals surface area contributed by atoms with Gasteiger partial charge >= 0.3 is 0 Å². The van der Waals surface area contributed by atoms with Crippen LogP contribution in [0.5, 0.6) is 0 Å². The minimum absolute atomic E-state index is 0.0736. The van der Waals surface area contributed by atoms with Gasteiger partial charge < -0.3 is 10.5 Å². The molecule has 5 nitrogen and oxygen atoms in total. The van der Waals surface area contributed by atoms with Crippen molar-refractivity contribution in [1.29, 1.82) is 0 Å². The lowest BCUT2D eigenvalue weighted by atomic mass is 10.1. The third kappa shape index (κ3) is 2.95. The van der Waals surface area contributed by atoms with Gasteiger partial charge in [0, 0.05) is 19.6 Å². The van der Waals surface area contributed by atoms with Crippen LogP contribution in [0.3, 0.4) is 0 Å². The molecule has 3 rings (SSSR count). The number of hydrogen-bond donors (Lipinski definition) is 1. The van der Waals surface area contributed by atoms with E-state index in [1.807, 2.05) is 6.07 Å². The summed E-state index contributed by atoms with van der Waals surface area (Å²) < 4.78 is 5.80. The van der Waals surface area contributed by atoms with E-state index >= 15 is 0 Å². The molecule has 0 amide bonds.